The van der Waals surface area contributed by atoms with Gasteiger partial charge in [-0.25, -0.2) is 19.7 Å². The quantitative estimate of drug-likeness (QED) is 0.563. The molecule has 35 heavy (non-hydrogen) atoms. The zero-order valence-electron chi connectivity index (χ0n) is 17.7. The Hall–Kier alpha value is -4.55. The van der Waals surface area contributed by atoms with Crippen LogP contribution in [0.5, 0.6) is 11.6 Å². The number of anilines is 3. The van der Waals surface area contributed by atoms with Crippen LogP contribution in [0.4, 0.5) is 35.2 Å². The van der Waals surface area contributed by atoms with E-state index in [4.69, 9.17) is 4.74 Å². The van der Waals surface area contributed by atoms with Crippen molar-refractivity contribution in [1.29, 1.82) is 0 Å². The second-order valence-corrected chi connectivity index (χ2v) is 7.67. The summed E-state index contributed by atoms with van der Waals surface area (Å²) in [5, 5.41) is 2.67. The number of alkyl halides is 3. The number of amides is 4. The van der Waals surface area contributed by atoms with Crippen molar-refractivity contribution < 1.29 is 32.3 Å². The van der Waals surface area contributed by atoms with E-state index in [9.17, 15) is 27.6 Å². The molecule has 0 saturated carbocycles. The van der Waals surface area contributed by atoms with E-state index in [2.05, 4.69) is 20.3 Å². The molecule has 10 nitrogen and oxygen atoms in total. The molecule has 4 amide bonds. The normalized spacial score (nSPS) is 15.8. The van der Waals surface area contributed by atoms with Gasteiger partial charge in [-0.05, 0) is 24.6 Å². The molecule has 0 aromatic carbocycles. The number of carbonyl (C=O) groups is 3. The third kappa shape index (κ3) is 4.23. The number of ether oxygens (including phenoxy) is 1. The number of halogens is 3. The van der Waals surface area contributed by atoms with Gasteiger partial charge in [-0.2, -0.15) is 13.2 Å². The monoisotopic (exact) mass is 484 g/mol. The van der Waals surface area contributed by atoms with Crippen molar-refractivity contribution in [3.8, 4) is 11.6 Å². The fraction of sp³-hybridized carbons (Fsp3) is 0.182. The van der Waals surface area contributed by atoms with Gasteiger partial charge in [-0.1, -0.05) is 0 Å². The number of fused-ring (bicyclic) bond motifs is 1. The van der Waals surface area contributed by atoms with Crippen LogP contribution in [0, 0.1) is 0 Å². The summed E-state index contributed by atoms with van der Waals surface area (Å²) < 4.78 is 44.8. The van der Waals surface area contributed by atoms with Gasteiger partial charge in [-0.15, -0.1) is 0 Å². The number of nitrogens with zero attached hydrogens (tertiary/aromatic N) is 5. The van der Waals surface area contributed by atoms with Gasteiger partial charge in [0.2, 0.25) is 11.8 Å². The van der Waals surface area contributed by atoms with Gasteiger partial charge in [0.15, 0.2) is 0 Å². The minimum Gasteiger partial charge on any atom is -0.439 e. The Morgan fingerprint density at radius 2 is 1.80 bits per heavy atom. The lowest BCUT2D eigenvalue weighted by atomic mass is 10.1. The summed E-state index contributed by atoms with van der Waals surface area (Å²) >= 11 is 0. The Labute approximate surface area is 195 Å². The highest BCUT2D eigenvalue weighted by Crippen LogP contribution is 2.34. The molecule has 0 radical (unpaired) electrons. The molecule has 3 aromatic rings. The van der Waals surface area contributed by atoms with Gasteiger partial charge in [0, 0.05) is 30.4 Å². The van der Waals surface area contributed by atoms with E-state index in [0.29, 0.717) is 36.2 Å². The Morgan fingerprint density at radius 1 is 0.971 bits per heavy atom. The molecule has 2 aliphatic heterocycles. The average molecular weight is 484 g/mol. The second kappa shape index (κ2) is 8.34. The number of carbonyl (C=O) groups excluding carboxylic acids is 3. The molecule has 5 rings (SSSR count). The number of hydrogen-bond donors (Lipinski definition) is 1. The highest BCUT2D eigenvalue weighted by atomic mass is 19.4. The number of imide groups is 1. The van der Waals surface area contributed by atoms with Crippen molar-refractivity contribution in [1.82, 2.24) is 15.0 Å². The van der Waals surface area contributed by atoms with Crippen LogP contribution in [0.25, 0.3) is 0 Å². The molecule has 0 atom stereocenters. The summed E-state index contributed by atoms with van der Waals surface area (Å²) in [6.45, 7) is -0.449. The Morgan fingerprint density at radius 3 is 2.54 bits per heavy atom. The van der Waals surface area contributed by atoms with Crippen LogP contribution in [0.1, 0.15) is 17.5 Å². The van der Waals surface area contributed by atoms with Crippen molar-refractivity contribution >= 4 is 35.0 Å². The summed E-state index contributed by atoms with van der Waals surface area (Å²) in [6.07, 6.45) is 0.533. The lowest BCUT2D eigenvalue weighted by Gasteiger charge is -2.19. The van der Waals surface area contributed by atoms with Gasteiger partial charge in [0.1, 0.15) is 18.1 Å². The van der Waals surface area contributed by atoms with E-state index >= 15 is 0 Å². The molecule has 1 saturated heterocycles. The minimum absolute atomic E-state index is 0.124. The van der Waals surface area contributed by atoms with E-state index in [0.717, 1.165) is 22.1 Å². The Kier molecular flexibility index (Phi) is 5.30. The van der Waals surface area contributed by atoms with E-state index in [1.54, 1.807) is 6.07 Å². The van der Waals surface area contributed by atoms with Crippen LogP contribution in [-0.2, 0) is 22.2 Å². The molecular formula is C22H15F3N6O4. The lowest BCUT2D eigenvalue weighted by Crippen LogP contribution is -2.33. The first-order chi connectivity index (χ1) is 16.7. The first kappa shape index (κ1) is 22.3. The smallest absolute Gasteiger partial charge is 0.417 e. The summed E-state index contributed by atoms with van der Waals surface area (Å²) in [5.74, 6) is 0.248. The van der Waals surface area contributed by atoms with Crippen LogP contribution in [0.3, 0.4) is 0 Å². The largest absolute Gasteiger partial charge is 0.439 e. The summed E-state index contributed by atoms with van der Waals surface area (Å²) in [4.78, 5) is 50.5. The van der Waals surface area contributed by atoms with Crippen molar-refractivity contribution in [2.75, 3.05) is 21.7 Å². The number of pyridine rings is 3. The van der Waals surface area contributed by atoms with Crippen LogP contribution in [0.15, 0.2) is 49.1 Å². The maximum Gasteiger partial charge on any atom is 0.417 e. The fourth-order valence-electron chi connectivity index (χ4n) is 3.72. The number of urea groups is 1. The van der Waals surface area contributed by atoms with Crippen molar-refractivity contribution in [3.63, 3.8) is 0 Å². The lowest BCUT2D eigenvalue weighted by molar-refractivity contribution is -0.137. The minimum atomic E-state index is -4.64. The molecule has 0 spiro atoms. The van der Waals surface area contributed by atoms with Crippen LogP contribution >= 0.6 is 0 Å². The molecule has 0 aliphatic carbocycles. The van der Waals surface area contributed by atoms with E-state index < -0.39 is 30.2 Å². The predicted molar refractivity (Wildman–Crippen MR) is 115 cm³/mol. The first-order valence-corrected chi connectivity index (χ1v) is 10.3. The van der Waals surface area contributed by atoms with Crippen LogP contribution < -0.4 is 19.9 Å². The van der Waals surface area contributed by atoms with E-state index in [1.807, 2.05) is 0 Å². The average Bonchev–Trinajstić information content (AvgIpc) is 3.13. The first-order valence-electron chi connectivity index (χ1n) is 10.3. The Balaban J connectivity index is 1.35. The van der Waals surface area contributed by atoms with Crippen LogP contribution in [0.2, 0.25) is 0 Å². The zero-order valence-corrected chi connectivity index (χ0v) is 17.7. The summed E-state index contributed by atoms with van der Waals surface area (Å²) in [6, 6.07) is 4.43. The van der Waals surface area contributed by atoms with Gasteiger partial charge in [0.05, 0.1) is 29.3 Å². The molecule has 178 valence electrons. The maximum absolute atomic E-state index is 13.0. The molecule has 1 fully saturated rings. The van der Waals surface area contributed by atoms with Gasteiger partial charge >= 0.3 is 12.2 Å². The van der Waals surface area contributed by atoms with Gasteiger partial charge in [0.25, 0.3) is 5.91 Å². The third-order valence-electron chi connectivity index (χ3n) is 5.39. The standard InChI is InChI=1S/C22H15F3N6O4/c23-22(24,25)12-7-14(9-26-8-12)30-11-19(33)31(21(30)34)13-1-4-18(28-10-13)35-16-5-6-27-20-15(16)2-3-17(32)29-20/h1,4-10H,2-3,11H2,(H,27,29,32). The number of aromatic nitrogens is 3. The van der Waals surface area contributed by atoms with Crippen molar-refractivity contribution in [3.05, 3.63) is 60.2 Å². The SMILES string of the molecule is O=C1CCc2c(Oc3ccc(N4C(=O)CN(c5cncc(C(F)(F)F)c5)C4=O)cn3)ccnc2N1. The van der Waals surface area contributed by atoms with Crippen LogP contribution in [-0.4, -0.2) is 39.3 Å². The topological polar surface area (TPSA) is 118 Å². The second-order valence-electron chi connectivity index (χ2n) is 7.67. The van der Waals surface area contributed by atoms with Gasteiger partial charge < -0.3 is 10.1 Å². The number of nitrogens with one attached hydrogen (secondary N) is 1. The van der Waals surface area contributed by atoms with Crippen molar-refractivity contribution in [2.24, 2.45) is 0 Å². The fourth-order valence-corrected chi connectivity index (χ4v) is 3.72. The Bertz CT molecular complexity index is 1350. The van der Waals surface area contributed by atoms with Crippen molar-refractivity contribution in [2.45, 2.75) is 19.0 Å². The summed E-state index contributed by atoms with van der Waals surface area (Å²) in [5.41, 5.74) is -0.343. The molecule has 0 unspecified atom stereocenters. The van der Waals surface area contributed by atoms with E-state index in [-0.39, 0.29) is 23.2 Å². The van der Waals surface area contributed by atoms with E-state index in [1.165, 1.54) is 24.5 Å². The zero-order chi connectivity index (χ0) is 24.7. The molecule has 5 heterocycles. The number of rotatable bonds is 4. The molecule has 0 bridgehead atoms. The highest BCUT2D eigenvalue weighted by Gasteiger charge is 2.39. The molecular weight excluding hydrogens is 469 g/mol. The third-order valence-corrected chi connectivity index (χ3v) is 5.39. The predicted octanol–water partition coefficient (Wildman–Crippen LogP) is 3.54. The molecule has 13 heteroatoms. The highest BCUT2D eigenvalue weighted by molar-refractivity contribution is 6.26. The molecule has 2 aliphatic rings. The molecule has 3 aromatic heterocycles. The number of hydrogen-bond acceptors (Lipinski definition) is 7. The maximum atomic E-state index is 13.0. The van der Waals surface area contributed by atoms with Gasteiger partial charge in [-0.3, -0.25) is 19.5 Å². The molecule has 1 N–H and O–H groups in total. The summed E-state index contributed by atoms with van der Waals surface area (Å²) in [7, 11) is 0.